The number of aromatic nitrogens is 1. The van der Waals surface area contributed by atoms with Gasteiger partial charge < -0.3 is 15.2 Å². The smallest absolute Gasteiger partial charge is 0.129 e. The van der Waals surface area contributed by atoms with Crippen molar-refractivity contribution in [1.82, 2.24) is 4.98 Å². The number of methoxy groups -OCH3 is 1. The van der Waals surface area contributed by atoms with Crippen LogP contribution in [0.15, 0.2) is 24.3 Å². The summed E-state index contributed by atoms with van der Waals surface area (Å²) in [5.41, 5.74) is 7.72. The molecule has 0 radical (unpaired) electrons. The number of para-hydroxylation sites is 1. The fourth-order valence-corrected chi connectivity index (χ4v) is 3.24. The normalized spacial score (nSPS) is 11.7. The lowest BCUT2D eigenvalue weighted by Crippen LogP contribution is -2.28. The number of hydrogen-bond acceptors (Lipinski definition) is 5. The number of rotatable bonds is 6. The third kappa shape index (κ3) is 3.61. The van der Waals surface area contributed by atoms with Crippen molar-refractivity contribution in [2.45, 2.75) is 32.9 Å². The van der Waals surface area contributed by atoms with Crippen LogP contribution < -0.4 is 10.5 Å². The van der Waals surface area contributed by atoms with Gasteiger partial charge in [-0.05, 0) is 32.9 Å². The van der Waals surface area contributed by atoms with E-state index < -0.39 is 5.54 Å². The lowest BCUT2D eigenvalue weighted by molar-refractivity contribution is 0.180. The Morgan fingerprint density at radius 3 is 2.62 bits per heavy atom. The van der Waals surface area contributed by atoms with Gasteiger partial charge in [0, 0.05) is 17.5 Å². The van der Waals surface area contributed by atoms with Crippen LogP contribution in [-0.2, 0) is 16.9 Å². The van der Waals surface area contributed by atoms with Crippen LogP contribution >= 0.6 is 11.3 Å². The minimum atomic E-state index is -0.440. The Morgan fingerprint density at radius 2 is 2.00 bits per heavy atom. The van der Waals surface area contributed by atoms with E-state index in [1.54, 1.807) is 18.4 Å². The third-order valence-electron chi connectivity index (χ3n) is 2.98. The molecule has 1 aromatic carbocycles. The summed E-state index contributed by atoms with van der Waals surface area (Å²) in [5.74, 6) is 0.846. The predicted molar refractivity (Wildman–Crippen MR) is 86.6 cm³/mol. The Hall–Kier alpha value is -1.43. The van der Waals surface area contributed by atoms with Crippen LogP contribution in [0.3, 0.4) is 0 Å². The Morgan fingerprint density at radius 1 is 1.29 bits per heavy atom. The van der Waals surface area contributed by atoms with Gasteiger partial charge in [0.15, 0.2) is 0 Å². The molecule has 0 fully saturated rings. The van der Waals surface area contributed by atoms with Crippen molar-refractivity contribution in [2.75, 3.05) is 13.7 Å². The van der Waals surface area contributed by atoms with E-state index in [9.17, 15) is 0 Å². The molecule has 0 aliphatic rings. The summed E-state index contributed by atoms with van der Waals surface area (Å²) < 4.78 is 10.9. The molecule has 0 aliphatic heterocycles. The predicted octanol–water partition coefficient (Wildman–Crippen LogP) is 3.55. The number of benzene rings is 1. The summed E-state index contributed by atoms with van der Waals surface area (Å²) in [6.07, 6.45) is 0. The Bertz CT molecular complexity index is 603. The van der Waals surface area contributed by atoms with Crippen molar-refractivity contribution >= 4 is 11.3 Å². The summed E-state index contributed by atoms with van der Waals surface area (Å²) in [6.45, 7) is 7.03. The summed E-state index contributed by atoms with van der Waals surface area (Å²) >= 11 is 1.60. The first-order valence-electron chi connectivity index (χ1n) is 6.97. The van der Waals surface area contributed by atoms with Gasteiger partial charge in [-0.1, -0.05) is 12.1 Å². The van der Waals surface area contributed by atoms with E-state index in [0.717, 1.165) is 26.9 Å². The van der Waals surface area contributed by atoms with Gasteiger partial charge in [0.05, 0.1) is 24.5 Å². The largest absolute Gasteiger partial charge is 0.493 e. The third-order valence-corrected chi connectivity index (χ3v) is 4.45. The SMILES string of the molecule is CCOc1ccccc1-c1nc(COC)c(C(C)(C)N)s1. The van der Waals surface area contributed by atoms with Crippen LogP contribution in [0.5, 0.6) is 5.75 Å². The fourth-order valence-electron chi connectivity index (χ4n) is 2.13. The second-order valence-corrected chi connectivity index (χ2v) is 6.38. The molecular formula is C16H22N2O2S. The zero-order valence-electron chi connectivity index (χ0n) is 13.0. The maximum Gasteiger partial charge on any atom is 0.129 e. The van der Waals surface area contributed by atoms with Gasteiger partial charge in [-0.15, -0.1) is 11.3 Å². The highest BCUT2D eigenvalue weighted by molar-refractivity contribution is 7.15. The first-order chi connectivity index (χ1) is 9.97. The average Bonchev–Trinajstić information content (AvgIpc) is 2.84. The van der Waals surface area contributed by atoms with Crippen LogP contribution in [0.1, 0.15) is 31.3 Å². The maximum atomic E-state index is 6.26. The first-order valence-corrected chi connectivity index (χ1v) is 7.79. The molecule has 0 saturated carbocycles. The van der Waals surface area contributed by atoms with Gasteiger partial charge >= 0.3 is 0 Å². The molecule has 2 N–H and O–H groups in total. The van der Waals surface area contributed by atoms with Crippen molar-refractivity contribution in [2.24, 2.45) is 5.73 Å². The monoisotopic (exact) mass is 306 g/mol. The highest BCUT2D eigenvalue weighted by Crippen LogP contribution is 2.37. The van der Waals surface area contributed by atoms with E-state index >= 15 is 0 Å². The van der Waals surface area contributed by atoms with Crippen LogP contribution in [0.25, 0.3) is 10.6 Å². The van der Waals surface area contributed by atoms with Gasteiger partial charge in [-0.25, -0.2) is 4.98 Å². The van der Waals surface area contributed by atoms with Crippen molar-refractivity contribution in [3.63, 3.8) is 0 Å². The van der Waals surface area contributed by atoms with Crippen LogP contribution in [0.4, 0.5) is 0 Å². The molecule has 1 aromatic heterocycles. The molecule has 114 valence electrons. The maximum absolute atomic E-state index is 6.26. The fraction of sp³-hybridized carbons (Fsp3) is 0.438. The highest BCUT2D eigenvalue weighted by Gasteiger charge is 2.24. The Kier molecular flexibility index (Phi) is 4.98. The summed E-state index contributed by atoms with van der Waals surface area (Å²) in [6, 6.07) is 7.94. The molecule has 2 aromatic rings. The van der Waals surface area contributed by atoms with E-state index in [4.69, 9.17) is 20.2 Å². The van der Waals surface area contributed by atoms with E-state index in [1.807, 2.05) is 45.0 Å². The van der Waals surface area contributed by atoms with E-state index in [1.165, 1.54) is 0 Å². The highest BCUT2D eigenvalue weighted by atomic mass is 32.1. The summed E-state index contributed by atoms with van der Waals surface area (Å²) in [4.78, 5) is 5.76. The van der Waals surface area contributed by atoms with Crippen molar-refractivity contribution in [1.29, 1.82) is 0 Å². The molecule has 0 saturated heterocycles. The number of hydrogen-bond donors (Lipinski definition) is 1. The van der Waals surface area contributed by atoms with Gasteiger partial charge in [0.2, 0.25) is 0 Å². The van der Waals surface area contributed by atoms with Crippen molar-refractivity contribution in [3.8, 4) is 16.3 Å². The topological polar surface area (TPSA) is 57.4 Å². The van der Waals surface area contributed by atoms with Gasteiger partial charge in [-0.2, -0.15) is 0 Å². The standard InChI is InChI=1S/C16H22N2O2S/c1-5-20-13-9-7-6-8-11(13)15-18-12(10-19-4)14(21-15)16(2,3)17/h6-9H,5,10,17H2,1-4H3. The molecule has 5 heteroatoms. The van der Waals surface area contributed by atoms with Crippen LogP contribution in [-0.4, -0.2) is 18.7 Å². The number of ether oxygens (including phenoxy) is 2. The number of nitrogens with zero attached hydrogens (tertiary/aromatic N) is 1. The van der Waals surface area contributed by atoms with Gasteiger partial charge in [0.1, 0.15) is 10.8 Å². The molecule has 0 aliphatic carbocycles. The molecule has 0 amide bonds. The second-order valence-electron chi connectivity index (χ2n) is 5.38. The Balaban J connectivity index is 2.50. The summed E-state index contributed by atoms with van der Waals surface area (Å²) in [7, 11) is 1.67. The molecule has 2 rings (SSSR count). The summed E-state index contributed by atoms with van der Waals surface area (Å²) in [5, 5.41) is 0.916. The molecule has 0 atom stereocenters. The average molecular weight is 306 g/mol. The zero-order valence-corrected chi connectivity index (χ0v) is 13.8. The molecule has 0 unspecified atom stereocenters. The first kappa shape index (κ1) is 15.9. The van der Waals surface area contributed by atoms with E-state index in [2.05, 4.69) is 0 Å². The quantitative estimate of drug-likeness (QED) is 0.886. The molecular weight excluding hydrogens is 284 g/mol. The molecule has 1 heterocycles. The number of thiazole rings is 1. The Labute approximate surface area is 129 Å². The van der Waals surface area contributed by atoms with Gasteiger partial charge in [0.25, 0.3) is 0 Å². The zero-order chi connectivity index (χ0) is 15.5. The molecule has 0 spiro atoms. The van der Waals surface area contributed by atoms with Crippen molar-refractivity contribution in [3.05, 3.63) is 34.8 Å². The lowest BCUT2D eigenvalue weighted by atomic mass is 10.0. The molecule has 0 bridgehead atoms. The molecule has 21 heavy (non-hydrogen) atoms. The minimum absolute atomic E-state index is 0.440. The lowest BCUT2D eigenvalue weighted by Gasteiger charge is -2.17. The molecule has 4 nitrogen and oxygen atoms in total. The van der Waals surface area contributed by atoms with E-state index in [-0.39, 0.29) is 0 Å². The van der Waals surface area contributed by atoms with Gasteiger partial charge in [-0.3, -0.25) is 0 Å². The van der Waals surface area contributed by atoms with Crippen molar-refractivity contribution < 1.29 is 9.47 Å². The van der Waals surface area contributed by atoms with Crippen LogP contribution in [0, 0.1) is 0 Å². The van der Waals surface area contributed by atoms with E-state index in [0.29, 0.717) is 13.2 Å². The van der Waals surface area contributed by atoms with Crippen LogP contribution in [0.2, 0.25) is 0 Å². The second kappa shape index (κ2) is 6.56. The minimum Gasteiger partial charge on any atom is -0.493 e. The number of nitrogens with two attached hydrogens (primary N) is 1.